The third-order valence-corrected chi connectivity index (χ3v) is 5.00. The van der Waals surface area contributed by atoms with E-state index in [-0.39, 0.29) is 5.69 Å². The Morgan fingerprint density at radius 2 is 1.38 bits per heavy atom. The lowest BCUT2D eigenvalue weighted by Crippen LogP contribution is -2.21. The van der Waals surface area contributed by atoms with Gasteiger partial charge < -0.3 is 14.4 Å². The molecule has 0 spiro atoms. The molecule has 1 aliphatic rings. The Morgan fingerprint density at radius 3 is 1.86 bits per heavy atom. The largest absolute Gasteiger partial charge is 0.493 e. The maximum Gasteiger partial charge on any atom is 0.337 e. The maximum absolute atomic E-state index is 12.9. The molecule has 0 bridgehead atoms. The zero-order valence-corrected chi connectivity index (χ0v) is 17.0. The van der Waals surface area contributed by atoms with Crippen molar-refractivity contribution in [1.29, 1.82) is 0 Å². The molecular weight excluding hydrogens is 366 g/mol. The van der Waals surface area contributed by atoms with Crippen LogP contribution in [-0.2, 0) is 0 Å². The summed E-state index contributed by atoms with van der Waals surface area (Å²) in [7, 11) is 4.02. The van der Waals surface area contributed by atoms with Gasteiger partial charge in [0.1, 0.15) is 18.1 Å². The Bertz CT molecular complexity index is 983. The summed E-state index contributed by atoms with van der Waals surface area (Å²) in [6.45, 7) is 2.27. The second kappa shape index (κ2) is 8.57. The summed E-state index contributed by atoms with van der Waals surface area (Å²) >= 11 is 0. The first kappa shape index (κ1) is 19.3. The van der Waals surface area contributed by atoms with Crippen LogP contribution < -0.4 is 15.2 Å². The van der Waals surface area contributed by atoms with Crippen LogP contribution in [0.25, 0.3) is 11.4 Å². The van der Waals surface area contributed by atoms with E-state index in [9.17, 15) is 4.79 Å². The minimum absolute atomic E-state index is 0.113. The Labute approximate surface area is 170 Å². The lowest BCUT2D eigenvalue weighted by Gasteiger charge is -2.11. The van der Waals surface area contributed by atoms with E-state index in [1.807, 2.05) is 62.6 Å². The molecule has 0 atom stereocenters. The van der Waals surface area contributed by atoms with E-state index < -0.39 is 0 Å². The van der Waals surface area contributed by atoms with E-state index in [1.165, 1.54) is 12.8 Å². The Morgan fingerprint density at radius 1 is 0.862 bits per heavy atom. The number of benzene rings is 2. The van der Waals surface area contributed by atoms with Crippen molar-refractivity contribution in [2.24, 2.45) is 5.92 Å². The minimum atomic E-state index is -0.113. The molecule has 1 heterocycles. The molecule has 0 saturated heterocycles. The molecule has 0 aliphatic heterocycles. The summed E-state index contributed by atoms with van der Waals surface area (Å²) in [6, 6.07) is 15.2. The van der Waals surface area contributed by atoms with Crippen molar-refractivity contribution in [3.05, 3.63) is 71.4 Å². The van der Waals surface area contributed by atoms with E-state index in [4.69, 9.17) is 9.47 Å². The highest BCUT2D eigenvalue weighted by Gasteiger charge is 2.21. The number of nitrogens with zero attached hydrogens (tertiary/aromatic N) is 3. The molecule has 1 fully saturated rings. The van der Waals surface area contributed by atoms with E-state index in [1.54, 1.807) is 21.5 Å². The quantitative estimate of drug-likeness (QED) is 0.559. The molecule has 0 radical (unpaired) electrons. The van der Waals surface area contributed by atoms with Crippen LogP contribution in [0.15, 0.2) is 65.7 Å². The van der Waals surface area contributed by atoms with Crippen molar-refractivity contribution < 1.29 is 9.47 Å². The molecule has 152 valence electrons. The Kier molecular flexibility index (Phi) is 5.71. The average molecular weight is 393 g/mol. The molecule has 0 amide bonds. The zero-order valence-electron chi connectivity index (χ0n) is 17.0. The van der Waals surface area contributed by atoms with Gasteiger partial charge in [-0.3, -0.25) is 9.13 Å². The van der Waals surface area contributed by atoms with Crippen LogP contribution in [0.4, 0.5) is 0 Å². The first-order valence-corrected chi connectivity index (χ1v) is 10.0. The Hall–Kier alpha value is -2.99. The standard InChI is InChI=1S/C23H27N3O3/c1-24(2)15-16-28-21-9-5-19(6-10-21)25-13-14-26(23(25)27)20-7-11-22(12-8-20)29-17-18-3-4-18/h5-14,18H,3-4,15-17H2,1-2H3. The van der Waals surface area contributed by atoms with E-state index in [2.05, 4.69) is 4.90 Å². The van der Waals surface area contributed by atoms with Crippen LogP contribution in [0.3, 0.4) is 0 Å². The number of imidazole rings is 1. The summed E-state index contributed by atoms with van der Waals surface area (Å²) in [5, 5.41) is 0. The summed E-state index contributed by atoms with van der Waals surface area (Å²) in [5.41, 5.74) is 1.51. The van der Waals surface area contributed by atoms with Crippen molar-refractivity contribution in [1.82, 2.24) is 14.0 Å². The smallest absolute Gasteiger partial charge is 0.337 e. The van der Waals surface area contributed by atoms with Gasteiger partial charge in [0.15, 0.2) is 0 Å². The van der Waals surface area contributed by atoms with Crippen LogP contribution in [0.2, 0.25) is 0 Å². The molecule has 1 aromatic heterocycles. The monoisotopic (exact) mass is 393 g/mol. The SMILES string of the molecule is CN(C)CCOc1ccc(-n2ccn(-c3ccc(OCC4CC4)cc3)c2=O)cc1. The fourth-order valence-electron chi connectivity index (χ4n) is 3.02. The summed E-state index contributed by atoms with van der Waals surface area (Å²) < 4.78 is 14.7. The number of aromatic nitrogens is 2. The van der Waals surface area contributed by atoms with Gasteiger partial charge in [-0.05, 0) is 81.4 Å². The van der Waals surface area contributed by atoms with Crippen molar-refractivity contribution in [2.45, 2.75) is 12.8 Å². The number of likely N-dealkylation sites (N-methyl/N-ethyl adjacent to an activating group) is 1. The maximum atomic E-state index is 12.9. The lowest BCUT2D eigenvalue weighted by atomic mass is 10.3. The van der Waals surface area contributed by atoms with Gasteiger partial charge in [0.25, 0.3) is 0 Å². The predicted molar refractivity (Wildman–Crippen MR) is 114 cm³/mol. The highest BCUT2D eigenvalue weighted by atomic mass is 16.5. The van der Waals surface area contributed by atoms with Crippen LogP contribution in [0.1, 0.15) is 12.8 Å². The van der Waals surface area contributed by atoms with Crippen LogP contribution in [-0.4, -0.2) is 47.9 Å². The third kappa shape index (κ3) is 4.90. The predicted octanol–water partition coefficient (Wildman–Crippen LogP) is 3.36. The molecule has 3 aromatic rings. The highest BCUT2D eigenvalue weighted by molar-refractivity contribution is 5.40. The number of ether oxygens (including phenoxy) is 2. The van der Waals surface area contributed by atoms with Crippen LogP contribution in [0.5, 0.6) is 11.5 Å². The van der Waals surface area contributed by atoms with Gasteiger partial charge in [-0.15, -0.1) is 0 Å². The van der Waals surface area contributed by atoms with E-state index in [0.717, 1.165) is 41.9 Å². The van der Waals surface area contributed by atoms with Crippen molar-refractivity contribution >= 4 is 0 Å². The lowest BCUT2D eigenvalue weighted by molar-refractivity contribution is 0.261. The summed E-state index contributed by atoms with van der Waals surface area (Å²) in [4.78, 5) is 14.9. The summed E-state index contributed by atoms with van der Waals surface area (Å²) in [6.07, 6.45) is 6.10. The first-order chi connectivity index (χ1) is 14.1. The minimum Gasteiger partial charge on any atom is -0.493 e. The first-order valence-electron chi connectivity index (χ1n) is 10.0. The highest BCUT2D eigenvalue weighted by Crippen LogP contribution is 2.29. The molecule has 29 heavy (non-hydrogen) atoms. The fourth-order valence-corrected chi connectivity index (χ4v) is 3.02. The van der Waals surface area contributed by atoms with Crippen molar-refractivity contribution in [2.75, 3.05) is 33.9 Å². The third-order valence-electron chi connectivity index (χ3n) is 5.00. The molecule has 6 nitrogen and oxygen atoms in total. The normalized spacial score (nSPS) is 13.6. The average Bonchev–Trinajstić information content (AvgIpc) is 3.48. The van der Waals surface area contributed by atoms with E-state index in [0.29, 0.717) is 6.61 Å². The molecule has 1 saturated carbocycles. The van der Waals surface area contributed by atoms with Gasteiger partial charge in [-0.1, -0.05) is 0 Å². The van der Waals surface area contributed by atoms with Gasteiger partial charge in [-0.25, -0.2) is 4.79 Å². The molecule has 0 N–H and O–H groups in total. The van der Waals surface area contributed by atoms with Gasteiger partial charge in [0, 0.05) is 18.9 Å². The molecule has 0 unspecified atom stereocenters. The molecule has 2 aromatic carbocycles. The van der Waals surface area contributed by atoms with Crippen molar-refractivity contribution in [3.63, 3.8) is 0 Å². The van der Waals surface area contributed by atoms with Crippen LogP contribution in [0, 0.1) is 5.92 Å². The van der Waals surface area contributed by atoms with Crippen molar-refractivity contribution in [3.8, 4) is 22.9 Å². The number of hydrogen-bond donors (Lipinski definition) is 0. The molecule has 6 heteroatoms. The second-order valence-electron chi connectivity index (χ2n) is 7.71. The number of hydrogen-bond acceptors (Lipinski definition) is 4. The topological polar surface area (TPSA) is 48.6 Å². The molecule has 4 rings (SSSR count). The number of rotatable bonds is 9. The molecule has 1 aliphatic carbocycles. The van der Waals surface area contributed by atoms with E-state index >= 15 is 0 Å². The zero-order chi connectivity index (χ0) is 20.2. The summed E-state index contributed by atoms with van der Waals surface area (Å²) in [5.74, 6) is 2.36. The van der Waals surface area contributed by atoms with Gasteiger partial charge in [0.2, 0.25) is 0 Å². The molecular formula is C23H27N3O3. The van der Waals surface area contributed by atoms with Gasteiger partial charge in [0.05, 0.1) is 18.0 Å². The Balaban J connectivity index is 1.44. The fraction of sp³-hybridized carbons (Fsp3) is 0.348. The van der Waals surface area contributed by atoms with Crippen LogP contribution >= 0.6 is 0 Å². The van der Waals surface area contributed by atoms with Gasteiger partial charge in [-0.2, -0.15) is 0 Å². The van der Waals surface area contributed by atoms with Gasteiger partial charge >= 0.3 is 5.69 Å². The second-order valence-corrected chi connectivity index (χ2v) is 7.71.